The highest BCUT2D eigenvalue weighted by molar-refractivity contribution is 5.81. The van der Waals surface area contributed by atoms with Gasteiger partial charge >= 0.3 is 0 Å². The summed E-state index contributed by atoms with van der Waals surface area (Å²) in [4.78, 5) is 9.22. The molecule has 0 atom stereocenters. The topological polar surface area (TPSA) is 73.4 Å². The van der Waals surface area contributed by atoms with Gasteiger partial charge in [0, 0.05) is 11.3 Å². The van der Waals surface area contributed by atoms with E-state index < -0.39 is 0 Å². The Kier molecular flexibility index (Phi) is 5.31. The molecular weight excluding hydrogens is 380 g/mol. The Labute approximate surface area is 182 Å². The van der Waals surface area contributed by atoms with Gasteiger partial charge in [0.15, 0.2) is 0 Å². The van der Waals surface area contributed by atoms with Crippen molar-refractivity contribution in [2.45, 2.75) is 20.8 Å². The quantitative estimate of drug-likeness (QED) is 0.414. The van der Waals surface area contributed by atoms with E-state index in [0.717, 1.165) is 50.6 Å². The Hall–Kier alpha value is -4.28. The number of rotatable bonds is 3. The molecule has 1 aromatic heterocycles. The lowest BCUT2D eigenvalue weighted by Gasteiger charge is -2.14. The summed E-state index contributed by atoms with van der Waals surface area (Å²) < 4.78 is 0. The van der Waals surface area contributed by atoms with E-state index >= 15 is 0 Å². The molecule has 0 N–H and O–H groups in total. The SMILES string of the molecule is Cc1nc(C)c(C)c(-c2cc(-c3ccc(C#N)cc3)cc(-c3ccc(C#N)cc3)c2)n1. The number of nitrogens with zero attached hydrogens (tertiary/aromatic N) is 4. The molecule has 31 heavy (non-hydrogen) atoms. The zero-order valence-corrected chi connectivity index (χ0v) is 17.6. The van der Waals surface area contributed by atoms with Gasteiger partial charge in [-0.2, -0.15) is 10.5 Å². The lowest BCUT2D eigenvalue weighted by molar-refractivity contribution is 0.992. The number of benzene rings is 3. The molecule has 0 spiro atoms. The van der Waals surface area contributed by atoms with Crippen LogP contribution in [-0.2, 0) is 0 Å². The Morgan fingerprint density at radius 3 is 1.48 bits per heavy atom. The molecule has 0 unspecified atom stereocenters. The third-order valence-electron chi connectivity index (χ3n) is 5.40. The van der Waals surface area contributed by atoms with Crippen molar-refractivity contribution in [2.24, 2.45) is 0 Å². The lowest BCUT2D eigenvalue weighted by atomic mass is 9.93. The molecule has 0 saturated carbocycles. The zero-order valence-electron chi connectivity index (χ0n) is 17.6. The zero-order chi connectivity index (χ0) is 22.0. The van der Waals surface area contributed by atoms with E-state index in [1.807, 2.05) is 69.3 Å². The predicted octanol–water partition coefficient (Wildman–Crippen LogP) is 6.15. The smallest absolute Gasteiger partial charge is 0.126 e. The highest BCUT2D eigenvalue weighted by Crippen LogP contribution is 2.34. The van der Waals surface area contributed by atoms with Gasteiger partial charge in [0.05, 0.1) is 29.0 Å². The fraction of sp³-hybridized carbons (Fsp3) is 0.111. The Morgan fingerprint density at radius 1 is 0.581 bits per heavy atom. The highest BCUT2D eigenvalue weighted by atomic mass is 14.9. The van der Waals surface area contributed by atoms with Crippen molar-refractivity contribution in [3.05, 3.63) is 94.9 Å². The monoisotopic (exact) mass is 400 g/mol. The molecule has 4 rings (SSSR count). The predicted molar refractivity (Wildman–Crippen MR) is 122 cm³/mol. The molecule has 0 radical (unpaired) electrons. The summed E-state index contributed by atoms with van der Waals surface area (Å²) in [5.41, 5.74) is 9.31. The van der Waals surface area contributed by atoms with Crippen LogP contribution in [0.25, 0.3) is 33.5 Å². The normalized spacial score (nSPS) is 10.4. The van der Waals surface area contributed by atoms with Gasteiger partial charge in [-0.05, 0) is 91.1 Å². The molecular formula is C27H20N4. The number of hydrogen-bond acceptors (Lipinski definition) is 4. The van der Waals surface area contributed by atoms with Gasteiger partial charge < -0.3 is 0 Å². The van der Waals surface area contributed by atoms with Crippen LogP contribution in [0.15, 0.2) is 66.7 Å². The minimum atomic E-state index is 0.630. The van der Waals surface area contributed by atoms with Crippen LogP contribution in [0, 0.1) is 43.4 Å². The van der Waals surface area contributed by atoms with Gasteiger partial charge in [-0.1, -0.05) is 24.3 Å². The van der Waals surface area contributed by atoms with Crippen LogP contribution >= 0.6 is 0 Å². The molecule has 4 nitrogen and oxygen atoms in total. The van der Waals surface area contributed by atoms with E-state index in [4.69, 9.17) is 15.5 Å². The summed E-state index contributed by atoms with van der Waals surface area (Å²) in [6.07, 6.45) is 0. The average molecular weight is 400 g/mol. The highest BCUT2D eigenvalue weighted by Gasteiger charge is 2.13. The standard InChI is InChI=1S/C27H20N4/c1-17-18(2)30-19(3)31-27(17)26-13-24(22-8-4-20(15-28)5-9-22)12-25(14-26)23-10-6-21(16-29)7-11-23/h4-14H,1-3H3. The molecule has 4 heteroatoms. The number of hydrogen-bond donors (Lipinski definition) is 0. The fourth-order valence-corrected chi connectivity index (χ4v) is 3.62. The van der Waals surface area contributed by atoms with E-state index in [0.29, 0.717) is 11.1 Å². The second-order valence-electron chi connectivity index (χ2n) is 7.51. The second-order valence-corrected chi connectivity index (χ2v) is 7.51. The van der Waals surface area contributed by atoms with E-state index in [1.54, 1.807) is 0 Å². The first-order chi connectivity index (χ1) is 15.0. The minimum absolute atomic E-state index is 0.630. The molecule has 1 heterocycles. The van der Waals surface area contributed by atoms with Crippen molar-refractivity contribution < 1.29 is 0 Å². The van der Waals surface area contributed by atoms with Gasteiger partial charge in [0.25, 0.3) is 0 Å². The fourth-order valence-electron chi connectivity index (χ4n) is 3.62. The Balaban J connectivity index is 1.94. The maximum atomic E-state index is 9.12. The summed E-state index contributed by atoms with van der Waals surface area (Å²) in [7, 11) is 0. The molecule has 148 valence electrons. The summed E-state index contributed by atoms with van der Waals surface area (Å²) in [5, 5.41) is 18.2. The number of nitriles is 2. The van der Waals surface area contributed by atoms with Crippen molar-refractivity contribution in [3.63, 3.8) is 0 Å². The van der Waals surface area contributed by atoms with Crippen LogP contribution in [0.5, 0.6) is 0 Å². The van der Waals surface area contributed by atoms with Crippen LogP contribution in [-0.4, -0.2) is 9.97 Å². The first kappa shape index (κ1) is 20.0. The van der Waals surface area contributed by atoms with E-state index in [1.165, 1.54) is 0 Å². The molecule has 0 fully saturated rings. The third-order valence-corrected chi connectivity index (χ3v) is 5.40. The Morgan fingerprint density at radius 2 is 1.03 bits per heavy atom. The minimum Gasteiger partial charge on any atom is -0.238 e. The van der Waals surface area contributed by atoms with Gasteiger partial charge in [0.1, 0.15) is 5.82 Å². The summed E-state index contributed by atoms with van der Waals surface area (Å²) in [6.45, 7) is 5.95. The van der Waals surface area contributed by atoms with E-state index in [9.17, 15) is 0 Å². The lowest BCUT2D eigenvalue weighted by Crippen LogP contribution is -1.99. The first-order valence-corrected chi connectivity index (χ1v) is 9.97. The largest absolute Gasteiger partial charge is 0.238 e. The average Bonchev–Trinajstić information content (AvgIpc) is 2.81. The second kappa shape index (κ2) is 8.22. The van der Waals surface area contributed by atoms with Crippen LogP contribution in [0.1, 0.15) is 28.2 Å². The van der Waals surface area contributed by atoms with Crippen molar-refractivity contribution in [2.75, 3.05) is 0 Å². The van der Waals surface area contributed by atoms with Crippen molar-refractivity contribution in [1.29, 1.82) is 10.5 Å². The third kappa shape index (κ3) is 4.06. The molecule has 4 aromatic rings. The molecule has 0 aliphatic heterocycles. The van der Waals surface area contributed by atoms with Crippen LogP contribution in [0.4, 0.5) is 0 Å². The number of aromatic nitrogens is 2. The van der Waals surface area contributed by atoms with Gasteiger partial charge in [0.2, 0.25) is 0 Å². The van der Waals surface area contributed by atoms with Crippen LogP contribution in [0.2, 0.25) is 0 Å². The molecule has 0 saturated heterocycles. The van der Waals surface area contributed by atoms with E-state index in [2.05, 4.69) is 35.3 Å². The first-order valence-electron chi connectivity index (χ1n) is 9.97. The molecule has 0 aliphatic carbocycles. The van der Waals surface area contributed by atoms with Crippen molar-refractivity contribution in [1.82, 2.24) is 9.97 Å². The molecule has 3 aromatic carbocycles. The van der Waals surface area contributed by atoms with Crippen LogP contribution in [0.3, 0.4) is 0 Å². The molecule has 0 bridgehead atoms. The van der Waals surface area contributed by atoms with Gasteiger partial charge in [-0.15, -0.1) is 0 Å². The molecule has 0 aliphatic rings. The number of aryl methyl sites for hydroxylation is 2. The summed E-state index contributed by atoms with van der Waals surface area (Å²) in [5.74, 6) is 0.738. The molecule has 0 amide bonds. The van der Waals surface area contributed by atoms with Gasteiger partial charge in [-0.3, -0.25) is 0 Å². The maximum Gasteiger partial charge on any atom is 0.126 e. The summed E-state index contributed by atoms with van der Waals surface area (Å²) >= 11 is 0. The summed E-state index contributed by atoms with van der Waals surface area (Å²) in [6, 6.07) is 25.9. The Bertz CT molecular complexity index is 1280. The van der Waals surface area contributed by atoms with E-state index in [-0.39, 0.29) is 0 Å². The van der Waals surface area contributed by atoms with Crippen LogP contribution < -0.4 is 0 Å². The maximum absolute atomic E-state index is 9.12. The van der Waals surface area contributed by atoms with Crippen molar-refractivity contribution in [3.8, 4) is 45.6 Å². The van der Waals surface area contributed by atoms with Crippen molar-refractivity contribution >= 4 is 0 Å². The van der Waals surface area contributed by atoms with Gasteiger partial charge in [-0.25, -0.2) is 9.97 Å².